The largest absolute Gasteiger partial charge is 0.534 e. The summed E-state index contributed by atoms with van der Waals surface area (Å²) in [4.78, 5) is 25.5. The third-order valence-electron chi connectivity index (χ3n) is 3.73. The van der Waals surface area contributed by atoms with Crippen LogP contribution in [0.3, 0.4) is 0 Å². The lowest BCUT2D eigenvalue weighted by molar-refractivity contribution is -0.146. The summed E-state index contributed by atoms with van der Waals surface area (Å²) >= 11 is 0. The fourth-order valence-corrected chi connectivity index (χ4v) is 3.12. The number of carbonyl (C=O) groups excluding carboxylic acids is 2. The molecular weight excluding hydrogens is 411 g/mol. The number of likely N-dealkylation sites (tertiary alicyclic amines) is 1. The summed E-state index contributed by atoms with van der Waals surface area (Å²) in [7, 11) is -6.00. The molecule has 0 radical (unpaired) electrons. The Morgan fingerprint density at radius 1 is 1.21 bits per heavy atom. The number of carbonyl (C=O) groups is 2. The molecular formula is C15H20F3NO8S. The second-order valence-electron chi connectivity index (χ2n) is 7.12. The average molecular weight is 431 g/mol. The predicted octanol–water partition coefficient (Wildman–Crippen LogP) is 1.69. The summed E-state index contributed by atoms with van der Waals surface area (Å²) in [5.74, 6) is -1.91. The molecule has 1 saturated heterocycles. The van der Waals surface area contributed by atoms with Crippen molar-refractivity contribution >= 4 is 22.2 Å². The molecule has 28 heavy (non-hydrogen) atoms. The molecule has 0 N–H and O–H groups in total. The van der Waals surface area contributed by atoms with Crippen LogP contribution in [0.2, 0.25) is 0 Å². The van der Waals surface area contributed by atoms with Gasteiger partial charge in [0.05, 0.1) is 19.7 Å². The number of hydrogen-bond donors (Lipinski definition) is 0. The molecule has 0 aromatic heterocycles. The number of esters is 1. The van der Waals surface area contributed by atoms with Crippen LogP contribution in [0.1, 0.15) is 27.7 Å². The Balaban J connectivity index is 2.28. The molecule has 1 spiro atoms. The van der Waals surface area contributed by atoms with Crippen molar-refractivity contribution in [2.45, 2.75) is 44.4 Å². The maximum atomic E-state index is 12.6. The number of amides is 1. The smallest absolute Gasteiger partial charge is 0.462 e. The highest BCUT2D eigenvalue weighted by Crippen LogP contribution is 2.42. The van der Waals surface area contributed by atoms with E-state index in [1.807, 2.05) is 0 Å². The molecule has 2 rings (SSSR count). The average Bonchev–Trinajstić information content (AvgIpc) is 2.81. The Bertz CT molecular complexity index is 791. The first kappa shape index (κ1) is 22.3. The van der Waals surface area contributed by atoms with Crippen molar-refractivity contribution in [3.63, 3.8) is 0 Å². The topological polar surface area (TPSA) is 108 Å². The number of alkyl halides is 3. The van der Waals surface area contributed by atoms with E-state index in [0.29, 0.717) is 0 Å². The zero-order valence-electron chi connectivity index (χ0n) is 15.6. The molecule has 2 heterocycles. The SMILES string of the molecule is CCOC(=O)C1=C(OS(=O)(=O)C(F)(F)F)COC12CN(C(=O)OC(C)(C)C)C2. The van der Waals surface area contributed by atoms with Gasteiger partial charge in [0.2, 0.25) is 0 Å². The minimum atomic E-state index is -6.00. The molecule has 160 valence electrons. The zero-order chi connectivity index (χ0) is 21.5. The van der Waals surface area contributed by atoms with Crippen LogP contribution in [0.25, 0.3) is 0 Å². The van der Waals surface area contributed by atoms with Gasteiger partial charge >= 0.3 is 27.7 Å². The van der Waals surface area contributed by atoms with E-state index < -0.39 is 56.8 Å². The van der Waals surface area contributed by atoms with Gasteiger partial charge in [-0.2, -0.15) is 21.6 Å². The van der Waals surface area contributed by atoms with E-state index in [4.69, 9.17) is 14.2 Å². The van der Waals surface area contributed by atoms with Gasteiger partial charge in [-0.3, -0.25) is 0 Å². The highest BCUT2D eigenvalue weighted by molar-refractivity contribution is 7.87. The van der Waals surface area contributed by atoms with Gasteiger partial charge in [-0.05, 0) is 27.7 Å². The lowest BCUT2D eigenvalue weighted by Crippen LogP contribution is -2.65. The van der Waals surface area contributed by atoms with Crippen molar-refractivity contribution in [1.82, 2.24) is 4.90 Å². The molecule has 0 aromatic carbocycles. The first-order valence-corrected chi connectivity index (χ1v) is 9.56. The van der Waals surface area contributed by atoms with Gasteiger partial charge in [-0.25, -0.2) is 9.59 Å². The van der Waals surface area contributed by atoms with Crippen LogP contribution in [-0.4, -0.2) is 68.4 Å². The number of rotatable bonds is 4. The molecule has 2 aliphatic rings. The van der Waals surface area contributed by atoms with Crippen LogP contribution >= 0.6 is 0 Å². The second kappa shape index (κ2) is 7.10. The normalized spacial score (nSPS) is 19.5. The summed E-state index contributed by atoms with van der Waals surface area (Å²) in [6.45, 7) is 5.09. The fourth-order valence-electron chi connectivity index (χ4n) is 2.63. The van der Waals surface area contributed by atoms with E-state index in [1.54, 1.807) is 20.8 Å². The summed E-state index contributed by atoms with van der Waals surface area (Å²) in [5, 5.41) is 0. The molecule has 13 heteroatoms. The maximum Gasteiger partial charge on any atom is 0.534 e. The van der Waals surface area contributed by atoms with Crippen molar-refractivity contribution < 1.29 is 49.6 Å². The summed E-state index contributed by atoms with van der Waals surface area (Å²) in [6.07, 6.45) is -0.720. The van der Waals surface area contributed by atoms with Gasteiger partial charge in [-0.15, -0.1) is 0 Å². The van der Waals surface area contributed by atoms with E-state index in [9.17, 15) is 31.2 Å². The van der Waals surface area contributed by atoms with Gasteiger partial charge in [0.1, 0.15) is 23.4 Å². The van der Waals surface area contributed by atoms with Gasteiger partial charge in [0.15, 0.2) is 5.76 Å². The van der Waals surface area contributed by atoms with Crippen LogP contribution < -0.4 is 0 Å². The van der Waals surface area contributed by atoms with Crippen LogP contribution in [0, 0.1) is 0 Å². The molecule has 0 bridgehead atoms. The van der Waals surface area contributed by atoms with Crippen LogP contribution in [0.5, 0.6) is 0 Å². The Morgan fingerprint density at radius 3 is 2.25 bits per heavy atom. The van der Waals surface area contributed by atoms with Crippen molar-refractivity contribution in [2.24, 2.45) is 0 Å². The van der Waals surface area contributed by atoms with Gasteiger partial charge in [0.25, 0.3) is 0 Å². The van der Waals surface area contributed by atoms with Gasteiger partial charge < -0.3 is 23.3 Å². The first-order valence-electron chi connectivity index (χ1n) is 8.15. The Kier molecular flexibility index (Phi) is 5.65. The summed E-state index contributed by atoms with van der Waals surface area (Å²) < 4.78 is 79.9. The summed E-state index contributed by atoms with van der Waals surface area (Å²) in [5.41, 5.74) is -8.50. The third kappa shape index (κ3) is 4.35. The van der Waals surface area contributed by atoms with Crippen LogP contribution in [0.4, 0.5) is 18.0 Å². The molecule has 0 saturated carbocycles. The molecule has 1 amide bonds. The molecule has 0 aliphatic carbocycles. The van der Waals surface area contributed by atoms with E-state index in [0.717, 1.165) is 4.90 Å². The van der Waals surface area contributed by atoms with E-state index in [1.165, 1.54) is 6.92 Å². The zero-order valence-corrected chi connectivity index (χ0v) is 16.4. The molecule has 0 atom stereocenters. The number of halogens is 3. The Hall–Kier alpha value is -2.02. The molecule has 0 unspecified atom stereocenters. The minimum Gasteiger partial charge on any atom is -0.462 e. The molecule has 9 nitrogen and oxygen atoms in total. The van der Waals surface area contributed by atoms with E-state index >= 15 is 0 Å². The van der Waals surface area contributed by atoms with Crippen LogP contribution in [0.15, 0.2) is 11.3 Å². The maximum absolute atomic E-state index is 12.6. The van der Waals surface area contributed by atoms with Crippen LogP contribution in [-0.2, 0) is 33.3 Å². The highest BCUT2D eigenvalue weighted by atomic mass is 32.2. The number of hydrogen-bond acceptors (Lipinski definition) is 8. The van der Waals surface area contributed by atoms with Gasteiger partial charge in [0, 0.05) is 0 Å². The third-order valence-corrected chi connectivity index (χ3v) is 4.72. The number of nitrogens with zero attached hydrogens (tertiary/aromatic N) is 1. The quantitative estimate of drug-likeness (QED) is 0.376. The second-order valence-corrected chi connectivity index (χ2v) is 8.66. The van der Waals surface area contributed by atoms with E-state index in [2.05, 4.69) is 4.18 Å². The highest BCUT2D eigenvalue weighted by Gasteiger charge is 2.59. The first-order chi connectivity index (χ1) is 12.6. The Morgan fingerprint density at radius 2 is 1.79 bits per heavy atom. The van der Waals surface area contributed by atoms with Crippen molar-refractivity contribution in [3.8, 4) is 0 Å². The lowest BCUT2D eigenvalue weighted by atomic mass is 9.86. The Labute approximate surface area is 159 Å². The standard InChI is InChI=1S/C15H20F3NO8S/c1-5-24-11(20)10-9(27-28(22,23)15(16,17)18)6-25-14(10)7-19(8-14)12(21)26-13(2,3)4/h5-8H2,1-4H3. The molecule has 2 aliphatic heterocycles. The minimum absolute atomic E-state index is 0.118. The summed E-state index contributed by atoms with van der Waals surface area (Å²) in [6, 6.07) is 0. The molecule has 0 aromatic rings. The molecule has 1 fully saturated rings. The van der Waals surface area contributed by atoms with E-state index in [-0.39, 0.29) is 19.7 Å². The monoisotopic (exact) mass is 431 g/mol. The van der Waals surface area contributed by atoms with Gasteiger partial charge in [-0.1, -0.05) is 0 Å². The van der Waals surface area contributed by atoms with Crippen molar-refractivity contribution in [3.05, 3.63) is 11.3 Å². The number of ether oxygens (including phenoxy) is 3. The lowest BCUT2D eigenvalue weighted by Gasteiger charge is -2.47. The van der Waals surface area contributed by atoms with Crippen molar-refractivity contribution in [1.29, 1.82) is 0 Å². The fraction of sp³-hybridized carbons (Fsp3) is 0.733. The predicted molar refractivity (Wildman–Crippen MR) is 86.2 cm³/mol. The van der Waals surface area contributed by atoms with Crippen molar-refractivity contribution in [2.75, 3.05) is 26.3 Å².